The van der Waals surface area contributed by atoms with E-state index >= 15 is 0 Å². The van der Waals surface area contributed by atoms with Gasteiger partial charge in [0.2, 0.25) is 0 Å². The lowest BCUT2D eigenvalue weighted by atomic mass is 10.1. The van der Waals surface area contributed by atoms with Crippen molar-refractivity contribution in [3.63, 3.8) is 0 Å². The zero-order chi connectivity index (χ0) is 19.4. The number of methoxy groups -OCH3 is 1. The first-order chi connectivity index (χ1) is 13.0. The average molecular weight is 367 g/mol. The zero-order valence-corrected chi connectivity index (χ0v) is 16.0. The molecule has 2 aromatic heterocycles. The van der Waals surface area contributed by atoms with Crippen molar-refractivity contribution < 1.29 is 9.53 Å². The molecule has 27 heavy (non-hydrogen) atoms. The third-order valence-corrected chi connectivity index (χ3v) is 4.51. The molecule has 0 bridgehead atoms. The molecule has 2 heterocycles. The van der Waals surface area contributed by atoms with E-state index in [0.29, 0.717) is 11.3 Å². The number of carbonyl (C=O) groups is 1. The highest BCUT2D eigenvalue weighted by atomic mass is 16.5. The highest BCUT2D eigenvalue weighted by Gasteiger charge is 2.19. The van der Waals surface area contributed by atoms with Gasteiger partial charge in [-0.15, -0.1) is 0 Å². The lowest BCUT2D eigenvalue weighted by Crippen LogP contribution is -2.14. The summed E-state index contributed by atoms with van der Waals surface area (Å²) in [5.41, 5.74) is 8.91. The maximum absolute atomic E-state index is 12.0. The number of anilines is 2. The van der Waals surface area contributed by atoms with Crippen molar-refractivity contribution in [2.24, 2.45) is 5.73 Å². The molecule has 0 aliphatic heterocycles. The number of hydrogen-bond acceptors (Lipinski definition) is 5. The molecule has 3 rings (SSSR count). The fraction of sp³-hybridized carbons (Fsp3) is 0.350. The summed E-state index contributed by atoms with van der Waals surface area (Å²) in [5, 5.41) is 8.76. The van der Waals surface area contributed by atoms with Gasteiger partial charge in [-0.25, -0.2) is 9.67 Å². The predicted octanol–water partition coefficient (Wildman–Crippen LogP) is 3.78. The number of aryl methyl sites for hydroxylation is 2. The third-order valence-electron chi connectivity index (χ3n) is 4.51. The number of aromatic nitrogens is 3. The number of primary amides is 1. The van der Waals surface area contributed by atoms with Gasteiger partial charge < -0.3 is 15.8 Å². The van der Waals surface area contributed by atoms with Crippen molar-refractivity contribution in [3.8, 4) is 5.75 Å². The topological polar surface area (TPSA) is 95.1 Å². The maximum atomic E-state index is 12.0. The molecule has 0 spiro atoms. The van der Waals surface area contributed by atoms with Crippen LogP contribution in [0.2, 0.25) is 0 Å². The first-order valence-electron chi connectivity index (χ1n) is 9.12. The molecular weight excluding hydrogens is 342 g/mol. The summed E-state index contributed by atoms with van der Waals surface area (Å²) >= 11 is 0. The Morgan fingerprint density at radius 2 is 2.15 bits per heavy atom. The van der Waals surface area contributed by atoms with Crippen LogP contribution >= 0.6 is 0 Å². The number of ether oxygens (including phenoxy) is 1. The Bertz CT molecular complexity index is 964. The van der Waals surface area contributed by atoms with E-state index in [-0.39, 0.29) is 0 Å². The molecule has 0 fully saturated rings. The smallest absolute Gasteiger partial charge is 0.252 e. The zero-order valence-electron chi connectivity index (χ0n) is 16.0. The molecule has 3 N–H and O–H groups in total. The van der Waals surface area contributed by atoms with E-state index < -0.39 is 5.91 Å². The number of amides is 1. The van der Waals surface area contributed by atoms with Crippen molar-refractivity contribution in [2.75, 3.05) is 12.4 Å². The number of nitrogens with zero attached hydrogens (tertiary/aromatic N) is 3. The standard InChI is InChI=1S/C20H25N5O2/c1-4-5-6-10-25-20-17(13(2)24-25)18(16(12-22-20)19(21)26)23-14-8-7-9-15(11-14)27-3/h7-9,11-12H,4-6,10H2,1-3H3,(H2,21,26)(H,22,23). The molecule has 7 nitrogen and oxygen atoms in total. The summed E-state index contributed by atoms with van der Waals surface area (Å²) in [6.45, 7) is 4.88. The lowest BCUT2D eigenvalue weighted by molar-refractivity contribution is 0.100. The van der Waals surface area contributed by atoms with Gasteiger partial charge in [-0.2, -0.15) is 5.10 Å². The van der Waals surface area contributed by atoms with Gasteiger partial charge in [0, 0.05) is 24.5 Å². The molecule has 1 amide bonds. The van der Waals surface area contributed by atoms with Gasteiger partial charge >= 0.3 is 0 Å². The number of unbranched alkanes of at least 4 members (excludes halogenated alkanes) is 2. The Morgan fingerprint density at radius 3 is 2.85 bits per heavy atom. The van der Waals surface area contributed by atoms with Gasteiger partial charge in [0.05, 0.1) is 29.4 Å². The number of pyridine rings is 1. The Hall–Kier alpha value is -3.09. The van der Waals surface area contributed by atoms with Crippen LogP contribution < -0.4 is 15.8 Å². The van der Waals surface area contributed by atoms with Crippen LogP contribution in [0, 0.1) is 6.92 Å². The van der Waals surface area contributed by atoms with Gasteiger partial charge in [-0.3, -0.25) is 4.79 Å². The first kappa shape index (κ1) is 18.7. The first-order valence-corrected chi connectivity index (χ1v) is 9.12. The summed E-state index contributed by atoms with van der Waals surface area (Å²) in [6.07, 6.45) is 4.82. The Morgan fingerprint density at radius 1 is 1.33 bits per heavy atom. The van der Waals surface area contributed by atoms with E-state index in [1.165, 1.54) is 6.20 Å². The molecule has 0 atom stereocenters. The fourth-order valence-corrected chi connectivity index (χ4v) is 3.15. The Balaban J connectivity index is 2.10. The van der Waals surface area contributed by atoms with E-state index in [2.05, 4.69) is 22.3 Å². The Labute approximate surface area is 158 Å². The predicted molar refractivity (Wildman–Crippen MR) is 107 cm³/mol. The second kappa shape index (κ2) is 8.07. The molecule has 0 unspecified atom stereocenters. The van der Waals surface area contributed by atoms with Crippen molar-refractivity contribution in [1.29, 1.82) is 0 Å². The number of nitrogens with one attached hydrogen (secondary N) is 1. The molecule has 0 radical (unpaired) electrons. The number of benzene rings is 1. The summed E-state index contributed by atoms with van der Waals surface area (Å²) < 4.78 is 7.18. The van der Waals surface area contributed by atoms with Gasteiger partial charge in [-0.1, -0.05) is 25.8 Å². The van der Waals surface area contributed by atoms with Gasteiger partial charge in [0.15, 0.2) is 5.65 Å². The van der Waals surface area contributed by atoms with Crippen LogP contribution in [-0.2, 0) is 6.54 Å². The van der Waals surface area contributed by atoms with Crippen LogP contribution in [0.1, 0.15) is 42.2 Å². The van der Waals surface area contributed by atoms with Gasteiger partial charge in [-0.05, 0) is 25.5 Å². The highest BCUT2D eigenvalue weighted by molar-refractivity contribution is 6.07. The van der Waals surface area contributed by atoms with Crippen LogP contribution in [0.3, 0.4) is 0 Å². The van der Waals surface area contributed by atoms with Crippen molar-refractivity contribution >= 4 is 28.3 Å². The second-order valence-corrected chi connectivity index (χ2v) is 6.48. The summed E-state index contributed by atoms with van der Waals surface area (Å²) in [6, 6.07) is 7.50. The molecule has 0 saturated carbocycles. The minimum Gasteiger partial charge on any atom is -0.497 e. The van der Waals surface area contributed by atoms with Crippen molar-refractivity contribution in [1.82, 2.24) is 14.8 Å². The van der Waals surface area contributed by atoms with Gasteiger partial charge in [0.1, 0.15) is 5.75 Å². The highest BCUT2D eigenvalue weighted by Crippen LogP contribution is 2.32. The number of nitrogens with two attached hydrogens (primary N) is 1. The van der Waals surface area contributed by atoms with E-state index in [0.717, 1.165) is 54.0 Å². The molecule has 1 aromatic carbocycles. The molecule has 3 aromatic rings. The van der Waals surface area contributed by atoms with Crippen LogP contribution in [-0.4, -0.2) is 27.8 Å². The summed E-state index contributed by atoms with van der Waals surface area (Å²) in [5.74, 6) is 0.186. The maximum Gasteiger partial charge on any atom is 0.252 e. The number of carbonyl (C=O) groups excluding carboxylic acids is 1. The molecule has 0 saturated heterocycles. The lowest BCUT2D eigenvalue weighted by Gasteiger charge is -2.13. The normalized spacial score (nSPS) is 10.9. The SMILES string of the molecule is CCCCCn1nc(C)c2c(Nc3cccc(OC)c3)c(C(N)=O)cnc21. The molecule has 0 aliphatic carbocycles. The molecule has 7 heteroatoms. The molecular formula is C20H25N5O2. The minimum atomic E-state index is -0.534. The van der Waals surface area contributed by atoms with E-state index in [1.54, 1.807) is 7.11 Å². The van der Waals surface area contributed by atoms with Crippen molar-refractivity contribution in [3.05, 3.63) is 41.7 Å². The second-order valence-electron chi connectivity index (χ2n) is 6.48. The molecule has 142 valence electrons. The van der Waals surface area contributed by atoms with E-state index in [9.17, 15) is 4.79 Å². The fourth-order valence-electron chi connectivity index (χ4n) is 3.15. The Kier molecular flexibility index (Phi) is 5.59. The number of hydrogen-bond donors (Lipinski definition) is 2. The van der Waals surface area contributed by atoms with Crippen molar-refractivity contribution in [2.45, 2.75) is 39.7 Å². The van der Waals surface area contributed by atoms with E-state index in [1.807, 2.05) is 35.9 Å². The summed E-state index contributed by atoms with van der Waals surface area (Å²) in [7, 11) is 1.61. The monoisotopic (exact) mass is 367 g/mol. The van der Waals surface area contributed by atoms with Gasteiger partial charge in [0.25, 0.3) is 5.91 Å². The summed E-state index contributed by atoms with van der Waals surface area (Å²) in [4.78, 5) is 16.5. The average Bonchev–Trinajstić information content (AvgIpc) is 2.98. The largest absolute Gasteiger partial charge is 0.497 e. The van der Waals surface area contributed by atoms with Crippen LogP contribution in [0.4, 0.5) is 11.4 Å². The molecule has 0 aliphatic rings. The third kappa shape index (κ3) is 3.86. The number of rotatable bonds is 8. The van der Waals surface area contributed by atoms with Crippen LogP contribution in [0.25, 0.3) is 11.0 Å². The quantitative estimate of drug-likeness (QED) is 0.591. The van der Waals surface area contributed by atoms with Crippen LogP contribution in [0.5, 0.6) is 5.75 Å². The minimum absolute atomic E-state index is 0.335. The van der Waals surface area contributed by atoms with Crippen LogP contribution in [0.15, 0.2) is 30.5 Å². The van der Waals surface area contributed by atoms with E-state index in [4.69, 9.17) is 10.5 Å². The number of fused-ring (bicyclic) bond motifs is 1.